The molecule has 640 valence electrons. The lowest BCUT2D eigenvalue weighted by molar-refractivity contribution is 0.0527. The van der Waals surface area contributed by atoms with Crippen LogP contribution in [0, 0.1) is 11.3 Å². The number of H-pyrrole nitrogens is 1. The minimum Gasteiger partial charge on any atom is -0.462 e. The van der Waals surface area contributed by atoms with Gasteiger partial charge in [-0.25, -0.2) is 49.7 Å². The van der Waals surface area contributed by atoms with Crippen LogP contribution in [0.15, 0.2) is 140 Å². The van der Waals surface area contributed by atoms with Gasteiger partial charge in [-0.1, -0.05) is 67.1 Å². The number of nitrogens with one attached hydrogen (secondary N) is 4. The number of ether oxygens (including phenoxy) is 1. The lowest BCUT2D eigenvalue weighted by Gasteiger charge is -2.20. The number of aryl methyl sites for hydroxylation is 1. The van der Waals surface area contributed by atoms with Gasteiger partial charge in [0.2, 0.25) is 23.1 Å². The van der Waals surface area contributed by atoms with Gasteiger partial charge in [0.25, 0.3) is 5.91 Å². The highest BCUT2D eigenvalue weighted by Gasteiger charge is 2.26. The smallest absolute Gasteiger partial charge is 0.341 e. The van der Waals surface area contributed by atoms with Crippen LogP contribution >= 0.6 is 23.2 Å². The number of benzene rings is 4. The predicted octanol–water partition coefficient (Wildman–Crippen LogP) is 10.7. The van der Waals surface area contributed by atoms with Crippen molar-refractivity contribution in [2.45, 2.75) is 52.4 Å². The summed E-state index contributed by atoms with van der Waals surface area (Å²) in [5.41, 5.74) is 13.3. The minimum absolute atomic E-state index is 0.0376. The fourth-order valence-corrected chi connectivity index (χ4v) is 15.7. The molecule has 123 heavy (non-hydrogen) atoms. The molecule has 16 heterocycles. The normalized spacial score (nSPS) is 16.1. The number of likely N-dealkylation sites (N-methyl/N-ethyl adjacent to an activating group) is 5. The molecule has 15 aromatic rings. The zero-order chi connectivity index (χ0) is 85.9. The number of halogens is 2. The third-order valence-corrected chi connectivity index (χ3v) is 22.6. The highest BCUT2D eigenvalue weighted by molar-refractivity contribution is 6.33. The van der Waals surface area contributed by atoms with Crippen molar-refractivity contribution in [1.29, 1.82) is 5.26 Å². The van der Waals surface area contributed by atoms with Crippen LogP contribution in [0.25, 0.3) is 94.2 Å². The number of nitrogens with zero attached hydrogens (tertiary/aromatic N) is 24. The molecular weight excluding hydrogens is 1600 g/mol. The number of carbonyl (C=O) groups is 3. The molecule has 32 nitrogen and oxygen atoms in total. The first kappa shape index (κ1) is 87.4. The van der Waals surface area contributed by atoms with Gasteiger partial charge in [0.05, 0.1) is 67.4 Å². The Bertz CT molecular complexity index is 6160. The van der Waals surface area contributed by atoms with Crippen molar-refractivity contribution in [3.05, 3.63) is 179 Å². The third-order valence-electron chi connectivity index (χ3n) is 22.2. The average Bonchev–Trinajstić information content (AvgIpc) is 1.62. The maximum absolute atomic E-state index is 12.6. The fraction of sp³-hybridized carbons (Fsp3) is 0.393. The number of hydrogen-bond donors (Lipinski definition) is 4. The summed E-state index contributed by atoms with van der Waals surface area (Å²) in [5.74, 6) is 2.67. The van der Waals surface area contributed by atoms with Gasteiger partial charge < -0.3 is 64.9 Å². The maximum Gasteiger partial charge on any atom is 0.341 e. The van der Waals surface area contributed by atoms with Crippen molar-refractivity contribution in [2.24, 2.45) is 0 Å². The summed E-state index contributed by atoms with van der Waals surface area (Å²) in [5, 5.41) is 21.5. The summed E-state index contributed by atoms with van der Waals surface area (Å²) in [7, 11) is 12.4. The van der Waals surface area contributed by atoms with Gasteiger partial charge in [-0.15, -0.1) is 0 Å². The molecule has 0 atom stereocenters. The minimum atomic E-state index is -0.390. The van der Waals surface area contributed by atoms with E-state index in [1.165, 1.54) is 58.3 Å². The van der Waals surface area contributed by atoms with Gasteiger partial charge in [0, 0.05) is 139 Å². The molecule has 0 aliphatic carbocycles. The van der Waals surface area contributed by atoms with Gasteiger partial charge >= 0.3 is 5.97 Å². The van der Waals surface area contributed by atoms with Crippen LogP contribution in [0.1, 0.15) is 88.4 Å². The van der Waals surface area contributed by atoms with Crippen LogP contribution in [-0.4, -0.2) is 300 Å². The molecule has 5 aliphatic heterocycles. The molecule has 0 bridgehead atoms. The Morgan fingerprint density at radius 2 is 0.886 bits per heavy atom. The molecule has 4 aromatic carbocycles. The van der Waals surface area contributed by atoms with E-state index in [9.17, 15) is 19.6 Å². The number of amides is 1. The second-order valence-electron chi connectivity index (χ2n) is 31.0. The van der Waals surface area contributed by atoms with E-state index in [1.54, 1.807) is 26.2 Å². The molecule has 34 heteroatoms. The first-order valence-corrected chi connectivity index (χ1v) is 42.9. The first-order chi connectivity index (χ1) is 60.0. The van der Waals surface area contributed by atoms with Crippen molar-refractivity contribution < 1.29 is 19.1 Å². The Morgan fingerprint density at radius 1 is 0.463 bits per heavy atom. The number of anilines is 3. The molecule has 0 saturated carbocycles. The molecule has 5 aliphatic rings. The highest BCUT2D eigenvalue weighted by atomic mass is 35.5. The number of aromatic amines is 1. The summed E-state index contributed by atoms with van der Waals surface area (Å²) in [6.07, 6.45) is 14.1. The van der Waals surface area contributed by atoms with Gasteiger partial charge in [-0.2, -0.15) is 20.2 Å². The maximum atomic E-state index is 12.6. The Kier molecular flexibility index (Phi) is 29.7. The lowest BCUT2D eigenvalue weighted by Crippen LogP contribution is -2.30. The van der Waals surface area contributed by atoms with Crippen molar-refractivity contribution in [1.82, 2.24) is 118 Å². The van der Waals surface area contributed by atoms with E-state index in [0.717, 1.165) is 212 Å². The number of rotatable bonds is 8. The number of carbonyl (C=O) groups excluding carboxylic acids is 3. The standard InChI is InChI=1S/C22H24N6O2.C21H23N7O.C20H19N7.C9H10N2.2C6H14N2.C5H2Cl2N2O/c1-3-30-21(29)16-13-15-14-23-22(27-10-6-9-26(2)11-12-27)25-19(15)28-18-8-5-4-7-17(18)24-20(16)28;1-22-20(29)15-12-14-13-23-21(27-9-5-8-26(2)10-11-27)25-18(14)28-17-7-4-3-6-16(17)24-19(15)28;1-25-7-4-8-26(10-9-25)20-22-13-15-11-14(12-21)18-23-16-5-2-3-6-17(16)27(18)19(15)24-20;1-2-9-10-7-5-3-4-6-8(7)11-9;2*1-8-5-2-3-7-4-6-8;6-4-3(2-10)1-8-5(7)9-4/h4-5,7-8,13-14H,3,6,9-12H2,1-2H3;3-4,6-7,12-13H,5,8-11H2,1-2H3,(H,22,29);2-3,5-6,11,13H,4,7-10H2,1H3;3-6H,2H2,1H3,(H,10,11);2*7H,2-6H2,1H3;1-2H. The molecule has 11 aromatic heterocycles. The van der Waals surface area contributed by atoms with E-state index in [1.807, 2.05) is 135 Å². The van der Waals surface area contributed by atoms with E-state index < -0.39 is 0 Å². The zero-order valence-electron chi connectivity index (χ0n) is 71.1. The van der Waals surface area contributed by atoms with Crippen LogP contribution in [0.5, 0.6) is 0 Å². The van der Waals surface area contributed by atoms with Crippen molar-refractivity contribution in [2.75, 3.05) is 194 Å². The number of aldehydes is 1. The van der Waals surface area contributed by atoms with Gasteiger partial charge in [-0.05, 0) is 198 Å². The number of fused-ring (bicyclic) bond motifs is 16. The predicted molar refractivity (Wildman–Crippen MR) is 487 cm³/mol. The number of aromatic nitrogens is 16. The topological polar surface area (TPSA) is 330 Å². The largest absolute Gasteiger partial charge is 0.462 e. The Labute approximate surface area is 723 Å². The van der Waals surface area contributed by atoms with Gasteiger partial charge in [-0.3, -0.25) is 22.8 Å². The van der Waals surface area contributed by atoms with Gasteiger partial charge in [0.1, 0.15) is 22.6 Å². The number of hydrogen-bond acceptors (Lipinski definition) is 27. The highest BCUT2D eigenvalue weighted by Crippen LogP contribution is 2.31. The van der Waals surface area contributed by atoms with Crippen LogP contribution in [0.3, 0.4) is 0 Å². The number of imidazole rings is 4. The summed E-state index contributed by atoms with van der Waals surface area (Å²) in [4.78, 5) is 111. The summed E-state index contributed by atoms with van der Waals surface area (Å²) in [6, 6.07) is 39.4. The van der Waals surface area contributed by atoms with E-state index in [4.69, 9.17) is 52.9 Å². The molecule has 20 rings (SSSR count). The van der Waals surface area contributed by atoms with Crippen molar-refractivity contribution in [3.8, 4) is 6.07 Å². The number of pyridine rings is 3. The Hall–Kier alpha value is -11.9. The van der Waals surface area contributed by atoms with Crippen LogP contribution in [0.2, 0.25) is 10.4 Å². The van der Waals surface area contributed by atoms with Gasteiger partial charge in [0.15, 0.2) is 40.2 Å². The Balaban J connectivity index is 0.000000125. The summed E-state index contributed by atoms with van der Waals surface area (Å²) in [6.45, 7) is 25.5. The summed E-state index contributed by atoms with van der Waals surface area (Å²) < 4.78 is 11.2. The van der Waals surface area contributed by atoms with E-state index in [0.29, 0.717) is 52.5 Å². The quantitative estimate of drug-likeness (QED) is 0.0475. The monoisotopic (exact) mass is 1700 g/mol. The molecule has 5 saturated heterocycles. The zero-order valence-corrected chi connectivity index (χ0v) is 72.6. The van der Waals surface area contributed by atoms with Crippen molar-refractivity contribution >= 4 is 153 Å². The van der Waals surface area contributed by atoms with Crippen LogP contribution in [-0.2, 0) is 11.2 Å². The first-order valence-electron chi connectivity index (χ1n) is 42.1. The molecule has 5 fully saturated rings. The lowest BCUT2D eigenvalue weighted by atomic mass is 10.2. The van der Waals surface area contributed by atoms with Crippen LogP contribution in [0.4, 0.5) is 17.8 Å². The molecule has 0 radical (unpaired) electrons. The van der Waals surface area contributed by atoms with E-state index in [2.05, 4.69) is 143 Å². The second kappa shape index (κ2) is 41.8. The number of esters is 1. The van der Waals surface area contributed by atoms with E-state index in [-0.39, 0.29) is 27.9 Å². The Morgan fingerprint density at radius 3 is 1.33 bits per heavy atom. The SMILES string of the molecule is CCOC(=O)c1cc2cnc(N3CCCN(C)CC3)nc2n2c1nc1ccccc12.CCc1nc2ccccc2[nH]1.CN1CCCN(c2ncc3cc(C#N)c4nc5ccccc5n4c3n2)CC1.CN1CCCNCC1.CN1CCCNCC1.CNC(=O)c1cc2cnc(N3CCCN(C)CC3)nc2n2c1nc1ccccc12.O=Cc1cnc(Cl)nc1Cl. The molecule has 4 N–H and O–H groups in total. The molecule has 0 spiro atoms. The third kappa shape index (κ3) is 21.2. The van der Waals surface area contributed by atoms with Crippen molar-refractivity contribution in [3.63, 3.8) is 0 Å². The van der Waals surface area contributed by atoms with Crippen LogP contribution < -0.4 is 30.7 Å². The number of para-hydroxylation sites is 8. The molecular formula is C89H106Cl2N28O4. The number of nitriles is 1. The average molecular weight is 1700 g/mol. The van der Waals surface area contributed by atoms with E-state index >= 15 is 0 Å². The fourth-order valence-electron chi connectivity index (χ4n) is 15.4. The molecule has 0 unspecified atom stereocenters. The second-order valence-corrected chi connectivity index (χ2v) is 31.7. The summed E-state index contributed by atoms with van der Waals surface area (Å²) >= 11 is 10.8. The molecule has 1 amide bonds.